The number of rotatable bonds is 7. The Morgan fingerprint density at radius 2 is 2.33 bits per heavy atom. The van der Waals surface area contributed by atoms with Gasteiger partial charge in [0.1, 0.15) is 0 Å². The fraction of sp³-hybridized carbons (Fsp3) is 1.00. The maximum absolute atomic E-state index is 5.02. The summed E-state index contributed by atoms with van der Waals surface area (Å²) < 4.78 is 5.02. The van der Waals surface area contributed by atoms with E-state index in [2.05, 4.69) is 24.1 Å². The van der Waals surface area contributed by atoms with E-state index >= 15 is 0 Å². The van der Waals surface area contributed by atoms with E-state index in [1.807, 2.05) is 0 Å². The Bertz CT molecular complexity index is 164. The zero-order valence-corrected chi connectivity index (χ0v) is 10.5. The fourth-order valence-corrected chi connectivity index (χ4v) is 2.38. The third kappa shape index (κ3) is 4.49. The van der Waals surface area contributed by atoms with Crippen molar-refractivity contribution in [2.45, 2.75) is 45.2 Å². The highest BCUT2D eigenvalue weighted by Gasteiger charge is 2.24. The van der Waals surface area contributed by atoms with Gasteiger partial charge in [0, 0.05) is 32.3 Å². The summed E-state index contributed by atoms with van der Waals surface area (Å²) in [6.45, 7) is 8.98. The average Bonchev–Trinajstić information content (AvgIpc) is 2.64. The maximum atomic E-state index is 5.02. The van der Waals surface area contributed by atoms with Crippen molar-refractivity contribution in [2.75, 3.05) is 33.4 Å². The van der Waals surface area contributed by atoms with Gasteiger partial charge < -0.3 is 10.1 Å². The second kappa shape index (κ2) is 7.20. The van der Waals surface area contributed by atoms with E-state index in [1.165, 1.54) is 19.4 Å². The predicted molar refractivity (Wildman–Crippen MR) is 64.2 cm³/mol. The summed E-state index contributed by atoms with van der Waals surface area (Å²) in [6.07, 6.45) is 3.85. The van der Waals surface area contributed by atoms with Gasteiger partial charge in [-0.1, -0.05) is 0 Å². The Hall–Kier alpha value is -0.120. The van der Waals surface area contributed by atoms with E-state index < -0.39 is 0 Å². The molecule has 1 aliphatic rings. The SMILES string of the molecule is COCCCNCC(C)N1CCCC1C. The lowest BCUT2D eigenvalue weighted by molar-refractivity contribution is 0.185. The van der Waals surface area contributed by atoms with E-state index in [9.17, 15) is 0 Å². The van der Waals surface area contributed by atoms with Crippen molar-refractivity contribution in [3.05, 3.63) is 0 Å². The summed E-state index contributed by atoms with van der Waals surface area (Å²) in [5.41, 5.74) is 0. The van der Waals surface area contributed by atoms with Crippen LogP contribution in [0, 0.1) is 0 Å². The highest BCUT2D eigenvalue weighted by Crippen LogP contribution is 2.18. The maximum Gasteiger partial charge on any atom is 0.0474 e. The number of likely N-dealkylation sites (tertiary alicyclic amines) is 1. The van der Waals surface area contributed by atoms with Crippen LogP contribution < -0.4 is 5.32 Å². The molecule has 0 spiro atoms. The molecule has 0 radical (unpaired) electrons. The predicted octanol–water partition coefficient (Wildman–Crippen LogP) is 1.49. The summed E-state index contributed by atoms with van der Waals surface area (Å²) in [4.78, 5) is 2.61. The number of methoxy groups -OCH3 is 1. The molecule has 1 heterocycles. The van der Waals surface area contributed by atoms with Crippen LogP contribution >= 0.6 is 0 Å². The van der Waals surface area contributed by atoms with Crippen LogP contribution in [-0.2, 0) is 4.74 Å². The molecule has 1 fully saturated rings. The minimum Gasteiger partial charge on any atom is -0.385 e. The topological polar surface area (TPSA) is 24.5 Å². The first-order chi connectivity index (χ1) is 7.25. The van der Waals surface area contributed by atoms with Crippen molar-refractivity contribution >= 4 is 0 Å². The molecule has 0 saturated carbocycles. The van der Waals surface area contributed by atoms with Crippen LogP contribution in [0.1, 0.15) is 33.1 Å². The summed E-state index contributed by atoms with van der Waals surface area (Å²) >= 11 is 0. The minimum atomic E-state index is 0.671. The standard InChI is InChI=1S/C12H26N2O/c1-11-6-4-8-14(11)12(2)10-13-7-5-9-15-3/h11-13H,4-10H2,1-3H3. The molecular weight excluding hydrogens is 188 g/mol. The molecule has 2 unspecified atom stereocenters. The van der Waals surface area contributed by atoms with Gasteiger partial charge in [0.05, 0.1) is 0 Å². The highest BCUT2D eigenvalue weighted by molar-refractivity contribution is 4.80. The highest BCUT2D eigenvalue weighted by atomic mass is 16.5. The molecule has 1 aliphatic heterocycles. The van der Waals surface area contributed by atoms with E-state index in [0.29, 0.717) is 6.04 Å². The summed E-state index contributed by atoms with van der Waals surface area (Å²) in [6, 6.07) is 1.45. The molecule has 3 nitrogen and oxygen atoms in total. The normalized spacial score (nSPS) is 24.6. The van der Waals surface area contributed by atoms with Crippen molar-refractivity contribution < 1.29 is 4.74 Å². The van der Waals surface area contributed by atoms with Crippen molar-refractivity contribution in [3.63, 3.8) is 0 Å². The number of hydrogen-bond acceptors (Lipinski definition) is 3. The molecule has 1 saturated heterocycles. The van der Waals surface area contributed by atoms with E-state index in [1.54, 1.807) is 7.11 Å². The van der Waals surface area contributed by atoms with Crippen molar-refractivity contribution in [1.29, 1.82) is 0 Å². The molecule has 0 aromatic heterocycles. The second-order valence-electron chi connectivity index (χ2n) is 4.63. The second-order valence-corrected chi connectivity index (χ2v) is 4.63. The number of ether oxygens (including phenoxy) is 1. The largest absolute Gasteiger partial charge is 0.385 e. The van der Waals surface area contributed by atoms with Gasteiger partial charge in [-0.05, 0) is 46.2 Å². The van der Waals surface area contributed by atoms with Gasteiger partial charge in [0.15, 0.2) is 0 Å². The van der Waals surface area contributed by atoms with Gasteiger partial charge in [-0.25, -0.2) is 0 Å². The van der Waals surface area contributed by atoms with Gasteiger partial charge >= 0.3 is 0 Å². The zero-order chi connectivity index (χ0) is 11.1. The molecule has 1 rings (SSSR count). The van der Waals surface area contributed by atoms with E-state index in [4.69, 9.17) is 4.74 Å². The number of hydrogen-bond donors (Lipinski definition) is 1. The first-order valence-corrected chi connectivity index (χ1v) is 6.21. The third-order valence-corrected chi connectivity index (χ3v) is 3.31. The molecule has 1 N–H and O–H groups in total. The van der Waals surface area contributed by atoms with Crippen LogP contribution in [0.15, 0.2) is 0 Å². The first kappa shape index (κ1) is 12.9. The monoisotopic (exact) mass is 214 g/mol. The quantitative estimate of drug-likeness (QED) is 0.650. The Morgan fingerprint density at radius 3 is 2.93 bits per heavy atom. The summed E-state index contributed by atoms with van der Waals surface area (Å²) in [5, 5.41) is 3.50. The van der Waals surface area contributed by atoms with Gasteiger partial charge in [-0.15, -0.1) is 0 Å². The smallest absolute Gasteiger partial charge is 0.0474 e. The van der Waals surface area contributed by atoms with Crippen LogP contribution in [0.2, 0.25) is 0 Å². The van der Waals surface area contributed by atoms with Crippen LogP contribution in [-0.4, -0.2) is 50.3 Å². The average molecular weight is 214 g/mol. The summed E-state index contributed by atoms with van der Waals surface area (Å²) in [5.74, 6) is 0. The van der Waals surface area contributed by atoms with E-state index in [-0.39, 0.29) is 0 Å². The van der Waals surface area contributed by atoms with Crippen molar-refractivity contribution in [2.24, 2.45) is 0 Å². The number of nitrogens with zero attached hydrogens (tertiary/aromatic N) is 1. The lowest BCUT2D eigenvalue weighted by Gasteiger charge is -2.28. The van der Waals surface area contributed by atoms with Crippen LogP contribution in [0.3, 0.4) is 0 Å². The van der Waals surface area contributed by atoms with Crippen molar-refractivity contribution in [3.8, 4) is 0 Å². The molecule has 0 amide bonds. The Labute approximate surface area is 94.2 Å². The minimum absolute atomic E-state index is 0.671. The molecule has 2 atom stereocenters. The molecule has 0 aliphatic carbocycles. The fourth-order valence-electron chi connectivity index (χ4n) is 2.38. The van der Waals surface area contributed by atoms with Crippen molar-refractivity contribution in [1.82, 2.24) is 10.2 Å². The first-order valence-electron chi connectivity index (χ1n) is 6.21. The lowest BCUT2D eigenvalue weighted by Crippen LogP contribution is -2.42. The van der Waals surface area contributed by atoms with E-state index in [0.717, 1.165) is 32.2 Å². The van der Waals surface area contributed by atoms with Crippen LogP contribution in [0.25, 0.3) is 0 Å². The molecule has 0 bridgehead atoms. The van der Waals surface area contributed by atoms with Crippen LogP contribution in [0.5, 0.6) is 0 Å². The Balaban J connectivity index is 2.05. The molecule has 0 aromatic rings. The molecule has 0 aromatic carbocycles. The van der Waals surface area contributed by atoms with Gasteiger partial charge in [-0.3, -0.25) is 4.90 Å². The molecule has 90 valence electrons. The van der Waals surface area contributed by atoms with Crippen LogP contribution in [0.4, 0.5) is 0 Å². The Kier molecular flexibility index (Phi) is 6.22. The Morgan fingerprint density at radius 1 is 1.53 bits per heavy atom. The zero-order valence-electron chi connectivity index (χ0n) is 10.5. The number of nitrogens with one attached hydrogen (secondary N) is 1. The summed E-state index contributed by atoms with van der Waals surface area (Å²) in [7, 11) is 1.76. The molecule has 3 heteroatoms. The molecule has 15 heavy (non-hydrogen) atoms. The van der Waals surface area contributed by atoms with Gasteiger partial charge in [-0.2, -0.15) is 0 Å². The van der Waals surface area contributed by atoms with Gasteiger partial charge in [0.25, 0.3) is 0 Å². The van der Waals surface area contributed by atoms with Gasteiger partial charge in [0.2, 0.25) is 0 Å². The molecular formula is C12H26N2O. The lowest BCUT2D eigenvalue weighted by atomic mass is 10.2. The third-order valence-electron chi connectivity index (χ3n) is 3.31.